The summed E-state index contributed by atoms with van der Waals surface area (Å²) in [6.07, 6.45) is 0. The van der Waals surface area contributed by atoms with Gasteiger partial charge in [-0.05, 0) is 20.6 Å². The van der Waals surface area contributed by atoms with E-state index in [2.05, 4.69) is 69.4 Å². The van der Waals surface area contributed by atoms with Crippen LogP contribution in [0.3, 0.4) is 0 Å². The van der Waals surface area contributed by atoms with Gasteiger partial charge in [-0.3, -0.25) is 19.0 Å². The molecule has 4 heterocycles. The molecule has 0 aliphatic carbocycles. The molecule has 120 valence electrons. The molecule has 0 fully saturated rings. The van der Waals surface area contributed by atoms with Crippen molar-refractivity contribution in [2.24, 2.45) is 10.2 Å². The second-order valence-corrected chi connectivity index (χ2v) is 3.96. The molecule has 0 spiro atoms. The third kappa shape index (κ3) is 2.28. The molecule has 0 aliphatic heterocycles. The van der Waals surface area contributed by atoms with E-state index in [9.17, 15) is 9.59 Å². The molecule has 0 saturated heterocycles. The maximum Gasteiger partial charge on any atom is 0.439 e. The molecule has 0 amide bonds. The van der Waals surface area contributed by atoms with Crippen LogP contribution in [0.2, 0.25) is 0 Å². The predicted molar refractivity (Wildman–Crippen MR) is 65.0 cm³/mol. The highest BCUT2D eigenvalue weighted by Crippen LogP contribution is 2.27. The molecule has 0 aromatic carbocycles. The summed E-state index contributed by atoms with van der Waals surface area (Å²) in [7, 11) is 0. The molecular weight excluding hydrogens is 332 g/mol. The summed E-state index contributed by atoms with van der Waals surface area (Å²) in [4.78, 5) is 26.4. The van der Waals surface area contributed by atoms with Crippen LogP contribution in [-0.4, -0.2) is 40.9 Å². The van der Waals surface area contributed by atoms with Crippen molar-refractivity contribution in [3.63, 3.8) is 0 Å². The van der Waals surface area contributed by atoms with Crippen molar-refractivity contribution in [2.45, 2.75) is 0 Å². The van der Waals surface area contributed by atoms with Crippen LogP contribution in [0.4, 0.5) is 11.6 Å². The topological polar surface area (TPSA) is 220 Å². The largest absolute Gasteiger partial charge is 0.439 e. The predicted octanol–water partition coefficient (Wildman–Crippen LogP) is -0.445. The number of hydrogen-bond donors (Lipinski definition) is 2. The number of rotatable bonds is 4. The number of nitrogens with zero attached hydrogens (tertiary/aromatic N) is 8. The van der Waals surface area contributed by atoms with E-state index >= 15 is 0 Å². The quantitative estimate of drug-likeness (QED) is 0.453. The monoisotopic (exact) mass is 334 g/mol. The fourth-order valence-corrected chi connectivity index (χ4v) is 1.56. The summed E-state index contributed by atoms with van der Waals surface area (Å²) in [6.45, 7) is 0. The van der Waals surface area contributed by atoms with E-state index in [1.54, 1.807) is 0 Å². The van der Waals surface area contributed by atoms with Crippen molar-refractivity contribution in [1.29, 1.82) is 0 Å². The molecule has 4 rings (SSSR count). The average Bonchev–Trinajstić information content (AvgIpc) is 3.31. The molecule has 16 heteroatoms. The lowest BCUT2D eigenvalue weighted by molar-refractivity contribution is 0.308. The van der Waals surface area contributed by atoms with Crippen molar-refractivity contribution in [2.75, 3.05) is 0 Å². The van der Waals surface area contributed by atoms with Gasteiger partial charge in [-0.1, -0.05) is 10.3 Å². The Labute approximate surface area is 126 Å². The van der Waals surface area contributed by atoms with Gasteiger partial charge in [0.2, 0.25) is 34.7 Å². The van der Waals surface area contributed by atoms with Crippen LogP contribution >= 0.6 is 0 Å². The second kappa shape index (κ2) is 5.19. The molecule has 0 radical (unpaired) electrons. The molecular formula is C8H2N10O6. The summed E-state index contributed by atoms with van der Waals surface area (Å²) >= 11 is 0. The van der Waals surface area contributed by atoms with E-state index in [1.165, 1.54) is 0 Å². The van der Waals surface area contributed by atoms with Crippen LogP contribution in [0, 0.1) is 0 Å². The van der Waals surface area contributed by atoms with Gasteiger partial charge in [0, 0.05) is 0 Å². The first kappa shape index (κ1) is 13.4. The lowest BCUT2D eigenvalue weighted by atomic mass is 10.4. The fraction of sp³-hybridized carbons (Fsp3) is 0. The first-order chi connectivity index (χ1) is 11.7. The van der Waals surface area contributed by atoms with Crippen LogP contribution in [0.25, 0.3) is 23.0 Å². The van der Waals surface area contributed by atoms with E-state index in [0.29, 0.717) is 0 Å². The molecule has 4 aromatic heterocycles. The zero-order valence-electron chi connectivity index (χ0n) is 11.0. The summed E-state index contributed by atoms with van der Waals surface area (Å²) < 4.78 is 17.7. The zero-order valence-corrected chi connectivity index (χ0v) is 11.0. The maximum absolute atomic E-state index is 11.0. The minimum atomic E-state index is -0.797. The van der Waals surface area contributed by atoms with Gasteiger partial charge in [0.15, 0.2) is 0 Å². The number of azo groups is 1. The SMILES string of the molecule is O=c1[nH]c(-c2nonc2N=Nc2nonc2-c2noc(=O)[nH]2)no1. The fourth-order valence-electron chi connectivity index (χ4n) is 1.56. The van der Waals surface area contributed by atoms with Gasteiger partial charge in [0.05, 0.1) is 0 Å². The molecule has 0 unspecified atom stereocenters. The maximum atomic E-state index is 11.0. The first-order valence-electron chi connectivity index (χ1n) is 5.90. The van der Waals surface area contributed by atoms with Crippen LogP contribution < -0.4 is 11.5 Å². The van der Waals surface area contributed by atoms with E-state index < -0.39 is 11.5 Å². The van der Waals surface area contributed by atoms with Crippen LogP contribution in [-0.2, 0) is 0 Å². The second-order valence-electron chi connectivity index (χ2n) is 3.96. The van der Waals surface area contributed by atoms with Crippen molar-refractivity contribution in [3.05, 3.63) is 21.1 Å². The van der Waals surface area contributed by atoms with Gasteiger partial charge in [-0.25, -0.2) is 18.8 Å². The lowest BCUT2D eigenvalue weighted by Gasteiger charge is -1.87. The van der Waals surface area contributed by atoms with Crippen LogP contribution in [0.15, 0.2) is 38.1 Å². The Balaban J connectivity index is 1.68. The third-order valence-electron chi connectivity index (χ3n) is 2.51. The highest BCUT2D eigenvalue weighted by Gasteiger charge is 2.19. The Morgan fingerprint density at radius 1 is 0.667 bits per heavy atom. The van der Waals surface area contributed by atoms with E-state index in [0.717, 1.165) is 0 Å². The number of H-pyrrole nitrogens is 2. The van der Waals surface area contributed by atoms with Crippen LogP contribution in [0.5, 0.6) is 0 Å². The molecule has 0 saturated carbocycles. The number of nitrogens with one attached hydrogen (secondary N) is 2. The molecule has 0 bridgehead atoms. The standard InChI is InChI=1S/C8H2N10O6/c19-7-9-3(15-21-7)1-5(17-23-13-1)11-12-6-2(14-24-18-6)4-10-8(20)22-16-4/h(H,9,15,19)(H,10,16,20). The molecule has 16 nitrogen and oxygen atoms in total. The third-order valence-corrected chi connectivity index (χ3v) is 2.51. The molecule has 0 atom stereocenters. The Morgan fingerprint density at radius 2 is 1.12 bits per heavy atom. The van der Waals surface area contributed by atoms with Crippen molar-refractivity contribution >= 4 is 11.6 Å². The highest BCUT2D eigenvalue weighted by molar-refractivity contribution is 5.62. The normalized spacial score (nSPS) is 11.5. The summed E-state index contributed by atoms with van der Waals surface area (Å²) in [6, 6.07) is 0. The molecule has 24 heavy (non-hydrogen) atoms. The average molecular weight is 334 g/mol. The Kier molecular flexibility index (Phi) is 2.90. The molecule has 2 N–H and O–H groups in total. The van der Waals surface area contributed by atoms with Gasteiger partial charge in [0.1, 0.15) is 0 Å². The van der Waals surface area contributed by atoms with Gasteiger partial charge in [-0.2, -0.15) is 0 Å². The van der Waals surface area contributed by atoms with Gasteiger partial charge < -0.3 is 0 Å². The Bertz CT molecular complexity index is 1030. The van der Waals surface area contributed by atoms with Gasteiger partial charge in [-0.15, -0.1) is 10.2 Å². The minimum Gasteiger partial charge on any atom is -0.296 e. The first-order valence-corrected chi connectivity index (χ1v) is 5.90. The Morgan fingerprint density at radius 3 is 1.50 bits per heavy atom. The summed E-state index contributed by atoms with van der Waals surface area (Å²) in [5, 5.41) is 28.3. The van der Waals surface area contributed by atoms with Gasteiger partial charge in [0.25, 0.3) is 0 Å². The number of hydrogen-bond acceptors (Lipinski definition) is 14. The molecule has 4 aromatic rings. The minimum absolute atomic E-state index is 0.0301. The van der Waals surface area contributed by atoms with Crippen LogP contribution in [0.1, 0.15) is 0 Å². The zero-order chi connectivity index (χ0) is 16.5. The van der Waals surface area contributed by atoms with E-state index in [-0.39, 0.29) is 34.7 Å². The molecule has 0 aliphatic rings. The highest BCUT2D eigenvalue weighted by atomic mass is 16.6. The van der Waals surface area contributed by atoms with E-state index in [4.69, 9.17) is 0 Å². The number of aromatic nitrogens is 8. The number of aromatic amines is 2. The van der Waals surface area contributed by atoms with Crippen molar-refractivity contribution in [3.8, 4) is 23.0 Å². The van der Waals surface area contributed by atoms with Crippen molar-refractivity contribution < 1.29 is 18.3 Å². The lowest BCUT2D eigenvalue weighted by Crippen LogP contribution is -1.95. The summed E-state index contributed by atoms with van der Waals surface area (Å²) in [5.41, 5.74) is -0.0603. The summed E-state index contributed by atoms with van der Waals surface area (Å²) in [5.74, 6) is -1.99. The van der Waals surface area contributed by atoms with Crippen molar-refractivity contribution in [1.82, 2.24) is 40.9 Å². The Hall–Kier alpha value is -4.24. The van der Waals surface area contributed by atoms with E-state index in [1.807, 2.05) is 0 Å². The van der Waals surface area contributed by atoms with Gasteiger partial charge >= 0.3 is 11.5 Å². The smallest absolute Gasteiger partial charge is 0.296 e.